The van der Waals surface area contributed by atoms with Gasteiger partial charge in [-0.2, -0.15) is 0 Å². The highest BCUT2D eigenvalue weighted by atomic mass is 16.5. The first-order chi connectivity index (χ1) is 10.2. The highest BCUT2D eigenvalue weighted by molar-refractivity contribution is 5.73. The first-order valence-electron chi connectivity index (χ1n) is 6.84. The SMILES string of the molecule is C=CCn1c(CC)nc(-c2ccc(OC)c(OC)c2)c1N. The fourth-order valence-electron chi connectivity index (χ4n) is 2.31. The lowest BCUT2D eigenvalue weighted by Crippen LogP contribution is -2.05. The molecule has 2 N–H and O–H groups in total. The number of aryl methyl sites for hydroxylation is 1. The van der Waals surface area contributed by atoms with Crippen LogP contribution in [-0.2, 0) is 13.0 Å². The maximum absolute atomic E-state index is 6.24. The summed E-state index contributed by atoms with van der Waals surface area (Å²) in [6.07, 6.45) is 2.63. The van der Waals surface area contributed by atoms with Crippen LogP contribution >= 0.6 is 0 Å². The van der Waals surface area contributed by atoms with E-state index in [1.54, 1.807) is 14.2 Å². The topological polar surface area (TPSA) is 62.3 Å². The maximum atomic E-state index is 6.24. The third-order valence-electron chi connectivity index (χ3n) is 3.37. The number of hydrogen-bond acceptors (Lipinski definition) is 4. The van der Waals surface area contributed by atoms with Gasteiger partial charge in [0.1, 0.15) is 17.3 Å². The van der Waals surface area contributed by atoms with E-state index in [1.165, 1.54) is 0 Å². The molecular formula is C16H21N3O2. The molecule has 2 rings (SSSR count). The molecule has 0 unspecified atom stereocenters. The molecule has 0 aliphatic rings. The van der Waals surface area contributed by atoms with Crippen LogP contribution in [0.25, 0.3) is 11.3 Å². The Kier molecular flexibility index (Phi) is 4.52. The van der Waals surface area contributed by atoms with Gasteiger partial charge in [0.15, 0.2) is 11.5 Å². The van der Waals surface area contributed by atoms with Crippen molar-refractivity contribution in [3.8, 4) is 22.8 Å². The summed E-state index contributed by atoms with van der Waals surface area (Å²) in [5.41, 5.74) is 7.90. The number of rotatable bonds is 6. The Morgan fingerprint density at radius 3 is 2.57 bits per heavy atom. The second-order valence-corrected chi connectivity index (χ2v) is 4.58. The average Bonchev–Trinajstić information content (AvgIpc) is 2.83. The van der Waals surface area contributed by atoms with Crippen LogP contribution in [0.2, 0.25) is 0 Å². The zero-order valence-electron chi connectivity index (χ0n) is 12.7. The second-order valence-electron chi connectivity index (χ2n) is 4.58. The maximum Gasteiger partial charge on any atom is 0.161 e. The van der Waals surface area contributed by atoms with Crippen LogP contribution in [0.4, 0.5) is 5.82 Å². The monoisotopic (exact) mass is 287 g/mol. The van der Waals surface area contributed by atoms with Crippen LogP contribution < -0.4 is 15.2 Å². The number of nitrogen functional groups attached to an aromatic ring is 1. The van der Waals surface area contributed by atoms with Crippen molar-refractivity contribution in [2.45, 2.75) is 19.9 Å². The number of allylic oxidation sites excluding steroid dienone is 1. The zero-order chi connectivity index (χ0) is 15.4. The number of methoxy groups -OCH3 is 2. The minimum absolute atomic E-state index is 0.638. The third-order valence-corrected chi connectivity index (χ3v) is 3.37. The molecule has 1 aromatic carbocycles. The lowest BCUT2D eigenvalue weighted by atomic mass is 10.1. The van der Waals surface area contributed by atoms with Crippen LogP contribution in [0.3, 0.4) is 0 Å². The fourth-order valence-corrected chi connectivity index (χ4v) is 2.31. The fraction of sp³-hybridized carbons (Fsp3) is 0.312. The molecule has 0 amide bonds. The Labute approximate surface area is 125 Å². The standard InChI is InChI=1S/C16H21N3O2/c1-5-9-19-14(6-2)18-15(16(19)17)11-7-8-12(20-3)13(10-11)21-4/h5,7-8,10H,1,6,9,17H2,2-4H3. The largest absolute Gasteiger partial charge is 0.493 e. The number of nitrogens with zero attached hydrogens (tertiary/aromatic N) is 2. The summed E-state index contributed by atoms with van der Waals surface area (Å²) in [5.74, 6) is 2.92. The van der Waals surface area contributed by atoms with Crippen molar-refractivity contribution in [1.29, 1.82) is 0 Å². The van der Waals surface area contributed by atoms with E-state index in [0.717, 1.165) is 23.5 Å². The van der Waals surface area contributed by atoms with Gasteiger partial charge in [-0.05, 0) is 18.2 Å². The van der Waals surface area contributed by atoms with E-state index in [2.05, 4.69) is 18.5 Å². The zero-order valence-corrected chi connectivity index (χ0v) is 12.7. The molecule has 0 saturated heterocycles. The number of hydrogen-bond donors (Lipinski definition) is 1. The Morgan fingerprint density at radius 1 is 1.29 bits per heavy atom. The second kappa shape index (κ2) is 6.35. The molecule has 1 aromatic heterocycles. The number of anilines is 1. The van der Waals surface area contributed by atoms with Crippen molar-refractivity contribution in [3.63, 3.8) is 0 Å². The lowest BCUT2D eigenvalue weighted by molar-refractivity contribution is 0.355. The summed E-state index contributed by atoms with van der Waals surface area (Å²) in [7, 11) is 3.22. The van der Waals surface area contributed by atoms with E-state index in [9.17, 15) is 0 Å². The highest BCUT2D eigenvalue weighted by Crippen LogP contribution is 2.34. The van der Waals surface area contributed by atoms with Crippen molar-refractivity contribution < 1.29 is 9.47 Å². The minimum atomic E-state index is 0.638. The Balaban J connectivity index is 2.54. The molecule has 21 heavy (non-hydrogen) atoms. The summed E-state index contributed by atoms with van der Waals surface area (Å²) < 4.78 is 12.6. The van der Waals surface area contributed by atoms with E-state index >= 15 is 0 Å². The number of ether oxygens (including phenoxy) is 2. The minimum Gasteiger partial charge on any atom is -0.493 e. The summed E-state index contributed by atoms with van der Waals surface area (Å²) in [5, 5.41) is 0. The van der Waals surface area contributed by atoms with E-state index in [4.69, 9.17) is 15.2 Å². The predicted molar refractivity (Wildman–Crippen MR) is 84.8 cm³/mol. The van der Waals surface area contributed by atoms with Crippen molar-refractivity contribution in [3.05, 3.63) is 36.7 Å². The molecule has 0 aliphatic heterocycles. The van der Waals surface area contributed by atoms with E-state index in [0.29, 0.717) is 23.9 Å². The molecule has 1 heterocycles. The molecule has 2 aromatic rings. The van der Waals surface area contributed by atoms with Gasteiger partial charge in [0.2, 0.25) is 0 Å². The molecule has 0 bridgehead atoms. The van der Waals surface area contributed by atoms with Crippen molar-refractivity contribution in [1.82, 2.24) is 9.55 Å². The molecule has 0 fully saturated rings. The van der Waals surface area contributed by atoms with Crippen molar-refractivity contribution in [2.75, 3.05) is 20.0 Å². The van der Waals surface area contributed by atoms with Gasteiger partial charge in [-0.15, -0.1) is 6.58 Å². The molecule has 0 spiro atoms. The summed E-state index contributed by atoms with van der Waals surface area (Å²) >= 11 is 0. The molecule has 0 aliphatic carbocycles. The number of imidazole rings is 1. The van der Waals surface area contributed by atoms with Crippen molar-refractivity contribution in [2.24, 2.45) is 0 Å². The van der Waals surface area contributed by atoms with Crippen LogP contribution in [0, 0.1) is 0 Å². The van der Waals surface area contributed by atoms with Gasteiger partial charge in [0.25, 0.3) is 0 Å². The van der Waals surface area contributed by atoms with Gasteiger partial charge in [-0.1, -0.05) is 13.0 Å². The predicted octanol–water partition coefficient (Wildman–Crippen LogP) is 2.90. The third kappa shape index (κ3) is 2.72. The quantitative estimate of drug-likeness (QED) is 0.830. The summed E-state index contributed by atoms with van der Waals surface area (Å²) in [6, 6.07) is 5.67. The highest BCUT2D eigenvalue weighted by Gasteiger charge is 2.16. The average molecular weight is 287 g/mol. The summed E-state index contributed by atoms with van der Waals surface area (Å²) in [6.45, 7) is 6.47. The van der Waals surface area contributed by atoms with Crippen LogP contribution in [-0.4, -0.2) is 23.8 Å². The van der Waals surface area contributed by atoms with Crippen LogP contribution in [0.15, 0.2) is 30.9 Å². The van der Waals surface area contributed by atoms with Crippen molar-refractivity contribution >= 4 is 5.82 Å². The normalized spacial score (nSPS) is 10.4. The van der Waals surface area contributed by atoms with Crippen LogP contribution in [0.5, 0.6) is 11.5 Å². The molecule has 5 heteroatoms. The molecule has 0 atom stereocenters. The molecule has 0 saturated carbocycles. The number of nitrogens with two attached hydrogens (primary N) is 1. The van der Waals surface area contributed by atoms with E-state index in [-0.39, 0.29) is 0 Å². The van der Waals surface area contributed by atoms with Gasteiger partial charge in [0.05, 0.1) is 14.2 Å². The molecule has 5 nitrogen and oxygen atoms in total. The molecule has 112 valence electrons. The summed E-state index contributed by atoms with van der Waals surface area (Å²) in [4.78, 5) is 4.64. The molecule has 0 radical (unpaired) electrons. The van der Waals surface area contributed by atoms with Gasteiger partial charge in [-0.3, -0.25) is 0 Å². The van der Waals surface area contributed by atoms with Crippen LogP contribution in [0.1, 0.15) is 12.7 Å². The van der Waals surface area contributed by atoms with Gasteiger partial charge >= 0.3 is 0 Å². The Bertz CT molecular complexity index is 647. The van der Waals surface area contributed by atoms with Gasteiger partial charge in [0, 0.05) is 18.5 Å². The van der Waals surface area contributed by atoms with Gasteiger partial charge in [-0.25, -0.2) is 4.98 Å². The number of benzene rings is 1. The number of aromatic nitrogens is 2. The Morgan fingerprint density at radius 2 is 2.00 bits per heavy atom. The molecular weight excluding hydrogens is 266 g/mol. The lowest BCUT2D eigenvalue weighted by Gasteiger charge is -2.09. The first-order valence-corrected chi connectivity index (χ1v) is 6.84. The Hall–Kier alpha value is -2.43. The van der Waals surface area contributed by atoms with E-state index in [1.807, 2.05) is 28.8 Å². The smallest absolute Gasteiger partial charge is 0.161 e. The first kappa shape index (κ1) is 15.0. The van der Waals surface area contributed by atoms with E-state index < -0.39 is 0 Å². The van der Waals surface area contributed by atoms with Gasteiger partial charge < -0.3 is 19.8 Å².